The van der Waals surface area contributed by atoms with Crippen LogP contribution in [-0.2, 0) is 4.79 Å². The average molecular weight is 387 g/mol. The molecule has 2 unspecified atom stereocenters. The summed E-state index contributed by atoms with van der Waals surface area (Å²) in [7, 11) is 0. The predicted molar refractivity (Wildman–Crippen MR) is 121 cm³/mol. The molecule has 0 aliphatic rings. The molecule has 3 aromatic carbocycles. The zero-order valence-corrected chi connectivity index (χ0v) is 17.4. The fourth-order valence-electron chi connectivity index (χ4n) is 3.35. The fraction of sp³-hybridized carbons (Fsp3) is 0.269. The quantitative estimate of drug-likeness (QED) is 0.524. The second-order valence-electron chi connectivity index (χ2n) is 7.54. The Morgan fingerprint density at radius 2 is 1.31 bits per heavy atom. The number of carbonyl (C=O) groups is 1. The second kappa shape index (κ2) is 10.0. The summed E-state index contributed by atoms with van der Waals surface area (Å²) in [6, 6.07) is 28.4. The van der Waals surface area contributed by atoms with Gasteiger partial charge in [-0.15, -0.1) is 0 Å². The zero-order chi connectivity index (χ0) is 20.6. The monoisotopic (exact) mass is 386 g/mol. The smallest absolute Gasteiger partial charge is 0.242 e. The standard InChI is InChI=1S/C26H30N2O/c1-4-19(2)27-25(26(29)28-20(3)21-11-7-5-8-12-21)24-17-15-23(16-18-24)22-13-9-6-10-14-22/h5-20,25,27H,4H2,1-3H3,(H,28,29)/t19?,20-,25?/m0/s1. The van der Waals surface area contributed by atoms with Crippen LogP contribution in [0.4, 0.5) is 0 Å². The second-order valence-corrected chi connectivity index (χ2v) is 7.54. The van der Waals surface area contributed by atoms with Crippen molar-refractivity contribution in [1.82, 2.24) is 10.6 Å². The SMILES string of the molecule is CCC(C)NC(C(=O)N[C@@H](C)c1ccccc1)c1ccc(-c2ccccc2)cc1. The van der Waals surface area contributed by atoms with Gasteiger partial charge in [0.15, 0.2) is 0 Å². The lowest BCUT2D eigenvalue weighted by atomic mass is 9.99. The van der Waals surface area contributed by atoms with E-state index in [1.807, 2.05) is 55.5 Å². The molecule has 0 bridgehead atoms. The molecule has 0 spiro atoms. The minimum atomic E-state index is -0.388. The van der Waals surface area contributed by atoms with Crippen LogP contribution in [0, 0.1) is 0 Å². The van der Waals surface area contributed by atoms with Crippen molar-refractivity contribution >= 4 is 5.91 Å². The first-order valence-corrected chi connectivity index (χ1v) is 10.3. The highest BCUT2D eigenvalue weighted by Crippen LogP contribution is 2.23. The number of rotatable bonds is 8. The van der Waals surface area contributed by atoms with Crippen LogP contribution < -0.4 is 10.6 Å². The zero-order valence-electron chi connectivity index (χ0n) is 17.4. The van der Waals surface area contributed by atoms with Gasteiger partial charge in [0.2, 0.25) is 5.91 Å². The highest BCUT2D eigenvalue weighted by Gasteiger charge is 2.23. The summed E-state index contributed by atoms with van der Waals surface area (Å²) in [4.78, 5) is 13.2. The molecule has 3 rings (SSSR count). The van der Waals surface area contributed by atoms with E-state index in [2.05, 4.69) is 60.9 Å². The molecular weight excluding hydrogens is 356 g/mol. The maximum atomic E-state index is 13.2. The molecule has 0 fully saturated rings. The van der Waals surface area contributed by atoms with E-state index in [0.29, 0.717) is 0 Å². The van der Waals surface area contributed by atoms with E-state index in [1.165, 1.54) is 5.56 Å². The van der Waals surface area contributed by atoms with Crippen LogP contribution in [0.3, 0.4) is 0 Å². The molecule has 3 heteroatoms. The normalized spacial score (nSPS) is 14.0. The number of hydrogen-bond donors (Lipinski definition) is 2. The van der Waals surface area contributed by atoms with Crippen molar-refractivity contribution in [1.29, 1.82) is 0 Å². The maximum absolute atomic E-state index is 13.2. The van der Waals surface area contributed by atoms with Crippen LogP contribution in [0.1, 0.15) is 50.4 Å². The van der Waals surface area contributed by atoms with Gasteiger partial charge in [-0.25, -0.2) is 0 Å². The molecule has 3 aromatic rings. The number of benzene rings is 3. The van der Waals surface area contributed by atoms with Crippen molar-refractivity contribution in [2.75, 3.05) is 0 Å². The lowest BCUT2D eigenvalue weighted by Crippen LogP contribution is -2.42. The maximum Gasteiger partial charge on any atom is 0.242 e. The van der Waals surface area contributed by atoms with Crippen molar-refractivity contribution < 1.29 is 4.79 Å². The third kappa shape index (κ3) is 5.55. The van der Waals surface area contributed by atoms with Crippen molar-refractivity contribution in [2.45, 2.75) is 45.3 Å². The van der Waals surface area contributed by atoms with Gasteiger partial charge >= 0.3 is 0 Å². The van der Waals surface area contributed by atoms with E-state index in [1.54, 1.807) is 0 Å². The minimum Gasteiger partial charge on any atom is -0.348 e. The Morgan fingerprint density at radius 3 is 1.90 bits per heavy atom. The minimum absolute atomic E-state index is 0.00545. The third-order valence-corrected chi connectivity index (χ3v) is 5.34. The Bertz CT molecular complexity index is 891. The molecule has 29 heavy (non-hydrogen) atoms. The summed E-state index contributed by atoms with van der Waals surface area (Å²) in [5, 5.41) is 6.66. The first kappa shape index (κ1) is 20.8. The van der Waals surface area contributed by atoms with Gasteiger partial charge in [0.05, 0.1) is 6.04 Å². The first-order valence-electron chi connectivity index (χ1n) is 10.3. The summed E-state index contributed by atoms with van der Waals surface area (Å²) < 4.78 is 0. The van der Waals surface area contributed by atoms with Crippen LogP contribution in [-0.4, -0.2) is 11.9 Å². The molecule has 2 N–H and O–H groups in total. The topological polar surface area (TPSA) is 41.1 Å². The number of carbonyl (C=O) groups excluding carboxylic acids is 1. The van der Waals surface area contributed by atoms with E-state index >= 15 is 0 Å². The molecular formula is C26H30N2O. The Labute approximate surface area is 174 Å². The van der Waals surface area contributed by atoms with Crippen molar-refractivity contribution in [3.8, 4) is 11.1 Å². The van der Waals surface area contributed by atoms with Gasteiger partial charge in [-0.2, -0.15) is 0 Å². The van der Waals surface area contributed by atoms with Crippen molar-refractivity contribution in [3.05, 3.63) is 96.1 Å². The largest absolute Gasteiger partial charge is 0.348 e. The van der Waals surface area contributed by atoms with Gasteiger partial charge in [0.1, 0.15) is 6.04 Å². The van der Waals surface area contributed by atoms with E-state index in [0.717, 1.165) is 23.1 Å². The molecule has 0 saturated heterocycles. The molecule has 3 atom stereocenters. The molecule has 0 aliphatic heterocycles. The Balaban J connectivity index is 1.80. The lowest BCUT2D eigenvalue weighted by molar-refractivity contribution is -0.124. The first-order chi connectivity index (χ1) is 14.1. The molecule has 0 heterocycles. The van der Waals surface area contributed by atoms with Gasteiger partial charge < -0.3 is 5.32 Å². The molecule has 1 amide bonds. The fourth-order valence-corrected chi connectivity index (χ4v) is 3.35. The predicted octanol–water partition coefficient (Wildman–Crippen LogP) is 5.66. The Kier molecular flexibility index (Phi) is 7.20. The molecule has 0 radical (unpaired) electrons. The van der Waals surface area contributed by atoms with Gasteiger partial charge in [-0.3, -0.25) is 10.1 Å². The summed E-state index contributed by atoms with van der Waals surface area (Å²) in [5.41, 5.74) is 4.40. The van der Waals surface area contributed by atoms with Crippen LogP contribution in [0.2, 0.25) is 0 Å². The van der Waals surface area contributed by atoms with Gasteiger partial charge in [0, 0.05) is 6.04 Å². The molecule has 0 aliphatic carbocycles. The lowest BCUT2D eigenvalue weighted by Gasteiger charge is -2.25. The van der Waals surface area contributed by atoms with Crippen LogP contribution in [0.25, 0.3) is 11.1 Å². The average Bonchev–Trinajstić information content (AvgIpc) is 2.78. The molecule has 0 aromatic heterocycles. The highest BCUT2D eigenvalue weighted by molar-refractivity contribution is 5.84. The van der Waals surface area contributed by atoms with Crippen LogP contribution in [0.5, 0.6) is 0 Å². The third-order valence-electron chi connectivity index (χ3n) is 5.34. The summed E-state index contributed by atoms with van der Waals surface area (Å²) in [6.07, 6.45) is 0.958. The van der Waals surface area contributed by atoms with Gasteiger partial charge in [-0.05, 0) is 42.5 Å². The van der Waals surface area contributed by atoms with Crippen molar-refractivity contribution in [2.24, 2.45) is 0 Å². The number of amides is 1. The molecule has 0 saturated carbocycles. The van der Waals surface area contributed by atoms with Crippen LogP contribution >= 0.6 is 0 Å². The summed E-state index contributed by atoms with van der Waals surface area (Å²) >= 11 is 0. The van der Waals surface area contributed by atoms with E-state index in [9.17, 15) is 4.79 Å². The summed E-state index contributed by atoms with van der Waals surface area (Å²) in [6.45, 7) is 6.25. The van der Waals surface area contributed by atoms with E-state index < -0.39 is 0 Å². The van der Waals surface area contributed by atoms with E-state index in [-0.39, 0.29) is 24.0 Å². The van der Waals surface area contributed by atoms with Crippen LogP contribution in [0.15, 0.2) is 84.9 Å². The molecule has 3 nitrogen and oxygen atoms in total. The van der Waals surface area contributed by atoms with Crippen molar-refractivity contribution in [3.63, 3.8) is 0 Å². The number of hydrogen-bond acceptors (Lipinski definition) is 2. The highest BCUT2D eigenvalue weighted by atomic mass is 16.2. The Hall–Kier alpha value is -2.91. The van der Waals surface area contributed by atoms with Gasteiger partial charge in [-0.1, -0.05) is 91.9 Å². The Morgan fingerprint density at radius 1 is 0.759 bits per heavy atom. The van der Waals surface area contributed by atoms with E-state index in [4.69, 9.17) is 0 Å². The van der Waals surface area contributed by atoms with Gasteiger partial charge in [0.25, 0.3) is 0 Å². The number of nitrogens with one attached hydrogen (secondary N) is 2. The summed E-state index contributed by atoms with van der Waals surface area (Å²) in [5.74, 6) is -0.00545. The molecule has 150 valence electrons.